The van der Waals surface area contributed by atoms with Crippen molar-refractivity contribution in [2.24, 2.45) is 0 Å². The highest BCUT2D eigenvalue weighted by Gasteiger charge is 2.65. The molecule has 0 radical (unpaired) electrons. The molecule has 21 aliphatic rings. The van der Waals surface area contributed by atoms with E-state index in [1.165, 1.54) is 99.5 Å². The van der Waals surface area contributed by atoms with Crippen molar-refractivity contribution in [3.63, 3.8) is 0 Å². The summed E-state index contributed by atoms with van der Waals surface area (Å²) in [5.74, 6) is -6.18. The summed E-state index contributed by atoms with van der Waals surface area (Å²) in [6.45, 7) is 13.0. The van der Waals surface area contributed by atoms with Crippen molar-refractivity contribution in [3.8, 4) is 0 Å². The van der Waals surface area contributed by atoms with Crippen molar-refractivity contribution in [2.45, 2.75) is 263 Å². The molecule has 28 rings (SSSR count). The third-order valence-electron chi connectivity index (χ3n) is 27.4. The fraction of sp³-hybridized carbons (Fsp3) is 0.533. The molecule has 798 valence electrons. The van der Waals surface area contributed by atoms with Crippen LogP contribution in [0.3, 0.4) is 0 Å². The van der Waals surface area contributed by atoms with Gasteiger partial charge in [-0.3, -0.25) is 33.6 Å². The van der Waals surface area contributed by atoms with Gasteiger partial charge in [0, 0.05) is 139 Å². The summed E-state index contributed by atoms with van der Waals surface area (Å²) in [7, 11) is 18.3. The number of hydrogen-bond donors (Lipinski definition) is 7. The van der Waals surface area contributed by atoms with Crippen molar-refractivity contribution in [1.82, 2.24) is 0 Å². The maximum Gasteiger partial charge on any atom is 0.256 e. The number of anilines is 7. The van der Waals surface area contributed by atoms with E-state index in [2.05, 4.69) is 37.2 Å². The van der Waals surface area contributed by atoms with Gasteiger partial charge in [-0.1, -0.05) is 124 Å². The van der Waals surface area contributed by atoms with E-state index in [-0.39, 0.29) is 39.8 Å². The Morgan fingerprint density at radius 1 is 0.156 bits per heavy atom. The van der Waals surface area contributed by atoms with Gasteiger partial charge in [0.15, 0.2) is 86.8 Å². The van der Waals surface area contributed by atoms with Crippen LogP contribution >= 0.6 is 0 Å². The van der Waals surface area contributed by atoms with E-state index >= 15 is 33.6 Å². The zero-order valence-corrected chi connectivity index (χ0v) is 85.7. The molecule has 35 atom stereocenters. The topological polar surface area (TPSA) is 462 Å². The molecule has 21 fully saturated rings. The third-order valence-corrected chi connectivity index (χ3v) is 27.4. The van der Waals surface area contributed by atoms with E-state index in [1.54, 1.807) is 170 Å². The summed E-state index contributed by atoms with van der Waals surface area (Å²) in [5.41, 5.74) is 7.92. The molecule has 21 heterocycles. The van der Waals surface area contributed by atoms with Crippen LogP contribution in [0.1, 0.15) is 38.9 Å². The van der Waals surface area contributed by atoms with Gasteiger partial charge in [-0.05, 0) is 133 Å². The molecule has 21 aliphatic heterocycles. The number of benzene rings is 7. The molecule has 7 aromatic rings. The normalized spacial score (nSPS) is 34.1. The smallest absolute Gasteiger partial charge is 0.256 e. The van der Waals surface area contributed by atoms with Crippen LogP contribution < -0.4 is 37.2 Å². The second-order valence-corrected chi connectivity index (χ2v) is 37.0. The minimum Gasteiger partial charge on any atom is -0.376 e. The van der Waals surface area contributed by atoms with E-state index in [0.717, 1.165) is 38.9 Å². The number of rotatable bonds is 28. The Balaban J connectivity index is 0.916. The fourth-order valence-electron chi connectivity index (χ4n) is 19.6. The highest BCUT2D eigenvalue weighted by molar-refractivity contribution is 5.99. The summed E-state index contributed by atoms with van der Waals surface area (Å²) in [6.07, 6.45) is -59.9. The van der Waals surface area contributed by atoms with Crippen LogP contribution in [-0.4, -0.2) is 356 Å². The van der Waals surface area contributed by atoms with Crippen molar-refractivity contribution in [1.29, 1.82) is 0 Å². The average molecular weight is 2050 g/mol. The van der Waals surface area contributed by atoms with Crippen molar-refractivity contribution < 1.29 is 166 Å². The first-order valence-corrected chi connectivity index (χ1v) is 48.1. The maximum absolute atomic E-state index is 16.0. The number of ether oxygens (including phenoxy) is 28. The Morgan fingerprint density at radius 3 is 0.340 bits per heavy atom. The van der Waals surface area contributed by atoms with Crippen molar-refractivity contribution in [2.75, 3.05) is 137 Å². The Labute approximate surface area is 852 Å². The molecule has 42 nitrogen and oxygen atoms in total. The molecular weight excluding hydrogens is 1920 g/mol. The lowest BCUT2D eigenvalue weighted by Crippen LogP contribution is -2.70. The number of nitrogens with one attached hydrogen (secondary N) is 7. The van der Waals surface area contributed by atoms with E-state index < -0.39 is 256 Å². The zero-order chi connectivity index (χ0) is 105. The summed E-state index contributed by atoms with van der Waals surface area (Å²) >= 11 is 0. The molecule has 21 saturated heterocycles. The van der Waals surface area contributed by atoms with Crippen LogP contribution in [0.25, 0.3) is 0 Å². The third kappa shape index (κ3) is 25.0. The summed E-state index contributed by atoms with van der Waals surface area (Å²) in [6, 6.07) is 48.0. The molecule has 7 N–H and O–H groups in total. The molecule has 14 bridgehead atoms. The molecule has 7 aromatic carbocycles. The van der Waals surface area contributed by atoms with E-state index in [1.807, 2.05) is 48.5 Å². The van der Waals surface area contributed by atoms with Gasteiger partial charge in [-0.25, -0.2) is 0 Å². The van der Waals surface area contributed by atoms with Gasteiger partial charge in [0.05, 0.1) is 0 Å². The predicted octanol–water partition coefficient (Wildman–Crippen LogP) is 7.61. The number of amides is 7. The van der Waals surface area contributed by atoms with Crippen LogP contribution in [0.2, 0.25) is 0 Å². The number of carbonyl (C=O) groups is 7. The quantitative estimate of drug-likeness (QED) is 0.0248. The molecule has 0 saturated carbocycles. The first-order chi connectivity index (χ1) is 70.9. The van der Waals surface area contributed by atoms with Crippen LogP contribution in [0, 0.1) is 48.5 Å². The molecule has 0 aromatic heterocycles. The summed E-state index contributed by atoms with van der Waals surface area (Å²) in [4.78, 5) is 112. The maximum atomic E-state index is 16.0. The number of hydrogen-bond acceptors (Lipinski definition) is 35. The van der Waals surface area contributed by atoms with Gasteiger partial charge in [0.25, 0.3) is 41.4 Å². The summed E-state index contributed by atoms with van der Waals surface area (Å²) in [5, 5.41) is 20.7. The molecule has 0 aliphatic carbocycles. The predicted molar refractivity (Wildman–Crippen MR) is 525 cm³/mol. The van der Waals surface area contributed by atoms with Crippen LogP contribution in [0.15, 0.2) is 170 Å². The Bertz CT molecular complexity index is 4560. The minimum absolute atomic E-state index is 0.286. The highest BCUT2D eigenvalue weighted by Crippen LogP contribution is 2.45. The first-order valence-electron chi connectivity index (χ1n) is 48.1. The van der Waals surface area contributed by atoms with Crippen molar-refractivity contribution in [3.05, 3.63) is 209 Å². The van der Waals surface area contributed by atoms with Crippen LogP contribution in [-0.2, 0) is 166 Å². The van der Waals surface area contributed by atoms with Crippen molar-refractivity contribution >= 4 is 81.2 Å². The van der Waals surface area contributed by atoms with Gasteiger partial charge in [0.2, 0.25) is 0 Å². The monoisotopic (exact) mass is 2050 g/mol. The number of methoxy groups -OCH3 is 14. The molecule has 0 spiro atoms. The molecule has 35 unspecified atom stereocenters. The van der Waals surface area contributed by atoms with Gasteiger partial charge in [-0.15, -0.1) is 0 Å². The molecule has 7 amide bonds. The molecule has 147 heavy (non-hydrogen) atoms. The SMILES string of the molecule is COC1C2OC(C(=O)Nc3ccc(C)cc3)C(OC3OC(C(=O)Nc4ccc(C)cc4)C(OC4OC(C(=O)Nc5ccc(C)cc5)C(OC5OC(C(=O)Nc6ccc(C)cc6)C(OC6OC(C(=O)Nc7ccc(C)cc7)C(OC7OC(C(=O)Nc8ccc(C)cc8)C(OC8OC(C(=O)Nc9ccc(C)cc9)C(O2)C(OC)C8OC)C(OC)C7OC)C(OC)C6OC)C(OC)C5OC)C(OC)C4OC)C(OC)C3OC)C1OC. The second kappa shape index (κ2) is 50.6. The number of aryl methyl sites for hydroxylation is 7. The van der Waals surface area contributed by atoms with Gasteiger partial charge in [0.1, 0.15) is 128 Å². The van der Waals surface area contributed by atoms with Gasteiger partial charge < -0.3 is 170 Å². The standard InChI is InChI=1S/C105H133N7O35/c1-50-22-36-57(37-23-50)106-92(113)78-71-64(120-8)85(127-15)99(141-78)135-72-65(121-9)87(129-17)101(143-79(72)93(114)107-58-38-24-51(2)25-39-58)137-74-67(123-11)89(131-19)103(145-81(74)95(116)109-60-42-28-53(4)29-43-60)139-76-69(125-13)91(133-21)105(147-83(76)97(118)111-62-46-32-55(6)33-47-62)140-77-70(126-14)90(132-20)104(146-84(77)98(119)112-63-48-34-56(7)35-49-63)138-75-68(124-12)88(130-18)102(144-82(75)96(117)110-61-44-30-54(5)31-45-61)136-73-66(122-10)86(128-16)100(134-71)142-80(73)94(115)108-59-40-26-52(3)27-41-59/h22-49,64-91,99-105H,1-21H3,(H,106,113)(H,107,114)(H,108,115)(H,109,116)(H,110,117)(H,111,118)(H,112,119). The zero-order valence-electron chi connectivity index (χ0n) is 85.7. The van der Waals surface area contributed by atoms with E-state index in [0.29, 0.717) is 0 Å². The minimum atomic E-state index is -1.92. The van der Waals surface area contributed by atoms with Gasteiger partial charge >= 0.3 is 0 Å². The fourth-order valence-corrected chi connectivity index (χ4v) is 19.6. The first kappa shape index (κ1) is 111. The second-order valence-electron chi connectivity index (χ2n) is 37.0. The average Bonchev–Trinajstić information content (AvgIpc) is 0.839. The lowest BCUT2D eigenvalue weighted by Gasteiger charge is -2.52. The molecule has 42 heteroatoms. The molecular formula is C105H133N7O35. The largest absolute Gasteiger partial charge is 0.376 e. The Kier molecular flexibility index (Phi) is 38.1. The van der Waals surface area contributed by atoms with Crippen LogP contribution in [0.4, 0.5) is 39.8 Å². The lowest BCUT2D eigenvalue weighted by atomic mass is 9.93. The van der Waals surface area contributed by atoms with Crippen LogP contribution in [0.5, 0.6) is 0 Å². The van der Waals surface area contributed by atoms with Gasteiger partial charge in [-0.2, -0.15) is 0 Å². The Hall–Kier alpha value is -10.3. The summed E-state index contributed by atoms with van der Waals surface area (Å²) < 4.78 is 190. The lowest BCUT2D eigenvalue weighted by molar-refractivity contribution is -0.390. The van der Waals surface area contributed by atoms with E-state index in [4.69, 9.17) is 133 Å². The van der Waals surface area contributed by atoms with E-state index in [9.17, 15) is 0 Å². The number of carbonyl (C=O) groups excluding carboxylic acids is 7. The Morgan fingerprint density at radius 2 is 0.252 bits per heavy atom. The highest BCUT2D eigenvalue weighted by atomic mass is 16.8.